The summed E-state index contributed by atoms with van der Waals surface area (Å²) in [6.07, 6.45) is 0. The molecule has 88 valence electrons. The van der Waals surface area contributed by atoms with E-state index in [1.807, 2.05) is 42.5 Å². The lowest BCUT2D eigenvalue weighted by Gasteiger charge is -2.12. The van der Waals surface area contributed by atoms with Gasteiger partial charge < -0.3 is 0 Å². The van der Waals surface area contributed by atoms with Crippen LogP contribution in [0.4, 0.5) is 0 Å². The molecule has 0 amide bonds. The van der Waals surface area contributed by atoms with E-state index >= 15 is 0 Å². The Bertz CT molecular complexity index is 512. The van der Waals surface area contributed by atoms with Gasteiger partial charge in [0.05, 0.1) is 0 Å². The van der Waals surface area contributed by atoms with Gasteiger partial charge in [0, 0.05) is 10.6 Å². The van der Waals surface area contributed by atoms with E-state index in [1.165, 1.54) is 0 Å². The summed E-state index contributed by atoms with van der Waals surface area (Å²) >= 11 is 23.4. The molecule has 17 heavy (non-hydrogen) atoms. The third-order valence-corrected chi connectivity index (χ3v) is 3.27. The number of benzene rings is 2. The maximum absolute atomic E-state index is 5.85. The number of alkyl halides is 3. The van der Waals surface area contributed by atoms with Crippen LogP contribution in [0.5, 0.6) is 0 Å². The quantitative estimate of drug-likeness (QED) is 0.581. The molecule has 4 heteroatoms. The fourth-order valence-corrected chi connectivity index (χ4v) is 2.00. The van der Waals surface area contributed by atoms with E-state index in [-0.39, 0.29) is 0 Å². The van der Waals surface area contributed by atoms with Crippen LogP contribution >= 0.6 is 46.4 Å². The van der Waals surface area contributed by atoms with Gasteiger partial charge in [0.1, 0.15) is 0 Å². The smallest absolute Gasteiger partial charge is 0.0843 e. The van der Waals surface area contributed by atoms with Crippen LogP contribution in [-0.4, -0.2) is 0 Å². The average Bonchev–Trinajstić information content (AvgIpc) is 2.29. The van der Waals surface area contributed by atoms with E-state index in [9.17, 15) is 0 Å². The molecule has 0 aliphatic rings. The lowest BCUT2D eigenvalue weighted by Crippen LogP contribution is -1.99. The van der Waals surface area contributed by atoms with Crippen LogP contribution in [0.15, 0.2) is 48.5 Å². The summed E-state index contributed by atoms with van der Waals surface area (Å²) < 4.78 is -1.40. The molecule has 0 radical (unpaired) electrons. The largest absolute Gasteiger partial charge is 0.216 e. The molecule has 0 fully saturated rings. The predicted molar refractivity (Wildman–Crippen MR) is 76.1 cm³/mol. The first kappa shape index (κ1) is 13.0. The van der Waals surface area contributed by atoms with Gasteiger partial charge in [-0.3, -0.25) is 0 Å². The molecule has 0 saturated heterocycles. The second-order valence-electron chi connectivity index (χ2n) is 3.59. The second-order valence-corrected chi connectivity index (χ2v) is 6.30. The third kappa shape index (κ3) is 3.29. The minimum atomic E-state index is -1.40. The fourth-order valence-electron chi connectivity index (χ4n) is 1.52. The second kappa shape index (κ2) is 5.07. The zero-order chi connectivity index (χ0) is 12.5. The van der Waals surface area contributed by atoms with Gasteiger partial charge in [0.2, 0.25) is 3.79 Å². The van der Waals surface area contributed by atoms with E-state index in [4.69, 9.17) is 46.4 Å². The lowest BCUT2D eigenvalue weighted by atomic mass is 10.0. The predicted octanol–water partition coefficient (Wildman–Crippen LogP) is 5.83. The number of hydrogen-bond acceptors (Lipinski definition) is 0. The summed E-state index contributed by atoms with van der Waals surface area (Å²) in [6, 6.07) is 15.0. The minimum Gasteiger partial charge on any atom is -0.0843 e. The molecule has 2 aromatic carbocycles. The third-order valence-electron chi connectivity index (χ3n) is 2.37. The maximum atomic E-state index is 5.85. The van der Waals surface area contributed by atoms with Gasteiger partial charge in [-0.05, 0) is 29.3 Å². The molecule has 0 heterocycles. The SMILES string of the molecule is Clc1ccc(-c2cccc(C(Cl)(Cl)Cl)c2)cc1. The zero-order valence-corrected chi connectivity index (χ0v) is 11.7. The van der Waals surface area contributed by atoms with Crippen molar-refractivity contribution in [3.05, 3.63) is 59.1 Å². The zero-order valence-electron chi connectivity index (χ0n) is 8.63. The summed E-state index contributed by atoms with van der Waals surface area (Å²) in [7, 11) is 0. The van der Waals surface area contributed by atoms with E-state index in [0.717, 1.165) is 11.1 Å². The summed E-state index contributed by atoms with van der Waals surface area (Å²) in [5.41, 5.74) is 2.67. The Hall–Kier alpha value is -0.400. The molecule has 0 saturated carbocycles. The summed E-state index contributed by atoms with van der Waals surface area (Å²) in [4.78, 5) is 0. The Morgan fingerprint density at radius 3 is 2.00 bits per heavy atom. The van der Waals surface area contributed by atoms with Crippen LogP contribution < -0.4 is 0 Å². The lowest BCUT2D eigenvalue weighted by molar-refractivity contribution is 1.24. The molecule has 0 nitrogen and oxygen atoms in total. The van der Waals surface area contributed by atoms with Crippen molar-refractivity contribution >= 4 is 46.4 Å². The highest BCUT2D eigenvalue weighted by molar-refractivity contribution is 6.66. The van der Waals surface area contributed by atoms with E-state index in [0.29, 0.717) is 10.6 Å². The van der Waals surface area contributed by atoms with E-state index in [1.54, 1.807) is 6.07 Å². The maximum Gasteiger partial charge on any atom is 0.216 e. The molecule has 0 atom stereocenters. The normalized spacial score (nSPS) is 11.5. The monoisotopic (exact) mass is 304 g/mol. The molecule has 2 rings (SSSR count). The van der Waals surface area contributed by atoms with Crippen LogP contribution in [0.3, 0.4) is 0 Å². The molecule has 0 spiro atoms. The highest BCUT2D eigenvalue weighted by atomic mass is 35.6. The molecule has 0 aliphatic heterocycles. The number of halogens is 4. The van der Waals surface area contributed by atoms with Crippen molar-refractivity contribution in [1.29, 1.82) is 0 Å². The Balaban J connectivity index is 2.43. The van der Waals surface area contributed by atoms with Crippen LogP contribution in [-0.2, 0) is 3.79 Å². The number of rotatable bonds is 1. The van der Waals surface area contributed by atoms with Gasteiger partial charge in [-0.1, -0.05) is 76.7 Å². The molecule has 0 aromatic heterocycles. The van der Waals surface area contributed by atoms with Crippen molar-refractivity contribution in [2.75, 3.05) is 0 Å². The van der Waals surface area contributed by atoms with E-state index < -0.39 is 3.79 Å². The van der Waals surface area contributed by atoms with Crippen molar-refractivity contribution in [1.82, 2.24) is 0 Å². The van der Waals surface area contributed by atoms with Crippen molar-refractivity contribution in [2.24, 2.45) is 0 Å². The van der Waals surface area contributed by atoms with Crippen LogP contribution in [0.25, 0.3) is 11.1 Å². The molecule has 0 aliphatic carbocycles. The molecule has 0 bridgehead atoms. The number of hydrogen-bond donors (Lipinski definition) is 0. The molecule has 2 aromatic rings. The molecular weight excluding hydrogens is 298 g/mol. The Kier molecular flexibility index (Phi) is 3.89. The van der Waals surface area contributed by atoms with Crippen molar-refractivity contribution in [3.8, 4) is 11.1 Å². The summed E-state index contributed by atoms with van der Waals surface area (Å²) in [6.45, 7) is 0. The van der Waals surface area contributed by atoms with Crippen LogP contribution in [0, 0.1) is 0 Å². The Morgan fingerprint density at radius 1 is 0.765 bits per heavy atom. The van der Waals surface area contributed by atoms with Gasteiger partial charge in [0.25, 0.3) is 0 Å². The molecule has 0 N–H and O–H groups in total. The Labute approximate surface area is 120 Å². The van der Waals surface area contributed by atoms with Gasteiger partial charge in [-0.25, -0.2) is 0 Å². The summed E-state index contributed by atoms with van der Waals surface area (Å²) in [5.74, 6) is 0. The van der Waals surface area contributed by atoms with Crippen molar-refractivity contribution < 1.29 is 0 Å². The van der Waals surface area contributed by atoms with Gasteiger partial charge in [0.15, 0.2) is 0 Å². The van der Waals surface area contributed by atoms with Gasteiger partial charge in [-0.2, -0.15) is 0 Å². The first-order valence-corrected chi connectivity index (χ1v) is 6.41. The highest BCUT2D eigenvalue weighted by Crippen LogP contribution is 2.39. The Morgan fingerprint density at radius 2 is 1.41 bits per heavy atom. The van der Waals surface area contributed by atoms with Gasteiger partial charge >= 0.3 is 0 Å². The highest BCUT2D eigenvalue weighted by Gasteiger charge is 2.22. The van der Waals surface area contributed by atoms with Gasteiger partial charge in [-0.15, -0.1) is 0 Å². The topological polar surface area (TPSA) is 0 Å². The molecule has 0 unspecified atom stereocenters. The first-order chi connectivity index (χ1) is 7.97. The fraction of sp³-hybridized carbons (Fsp3) is 0.0769. The molecular formula is C13H8Cl4. The first-order valence-electron chi connectivity index (χ1n) is 4.90. The van der Waals surface area contributed by atoms with E-state index in [2.05, 4.69) is 0 Å². The summed E-state index contributed by atoms with van der Waals surface area (Å²) in [5, 5.41) is 0.700. The van der Waals surface area contributed by atoms with Crippen LogP contribution in [0.2, 0.25) is 5.02 Å². The minimum absolute atomic E-state index is 0.648. The van der Waals surface area contributed by atoms with Crippen molar-refractivity contribution in [3.63, 3.8) is 0 Å². The van der Waals surface area contributed by atoms with Crippen molar-refractivity contribution in [2.45, 2.75) is 3.79 Å². The average molecular weight is 306 g/mol. The van der Waals surface area contributed by atoms with Crippen LogP contribution in [0.1, 0.15) is 5.56 Å². The standard InChI is InChI=1S/C13H8Cl4/c14-12-6-4-9(5-7-12)10-2-1-3-11(8-10)13(15,16)17/h1-8H.